The molecule has 6 nitrogen and oxygen atoms in total. The molecule has 1 aromatic rings. The second-order valence-corrected chi connectivity index (χ2v) is 5.38. The van der Waals surface area contributed by atoms with E-state index in [0.717, 1.165) is 19.6 Å². The Morgan fingerprint density at radius 2 is 2.15 bits per heavy atom. The predicted molar refractivity (Wildman–Crippen MR) is 76.9 cm³/mol. The third-order valence-corrected chi connectivity index (χ3v) is 3.78. The van der Waals surface area contributed by atoms with Crippen molar-refractivity contribution in [3.05, 3.63) is 18.1 Å². The van der Waals surface area contributed by atoms with Gasteiger partial charge in [0.1, 0.15) is 5.82 Å². The summed E-state index contributed by atoms with van der Waals surface area (Å²) in [4.78, 5) is 24.3. The Labute approximate surface area is 119 Å². The van der Waals surface area contributed by atoms with Crippen LogP contribution in [0.1, 0.15) is 23.3 Å². The zero-order valence-electron chi connectivity index (χ0n) is 12.4. The van der Waals surface area contributed by atoms with Gasteiger partial charge in [-0.15, -0.1) is 0 Å². The third-order valence-electron chi connectivity index (χ3n) is 3.78. The van der Waals surface area contributed by atoms with Crippen molar-refractivity contribution in [1.82, 2.24) is 14.9 Å². The van der Waals surface area contributed by atoms with E-state index in [1.165, 1.54) is 26.1 Å². The second-order valence-electron chi connectivity index (χ2n) is 5.38. The number of aromatic nitrogens is 2. The first kappa shape index (κ1) is 14.7. The van der Waals surface area contributed by atoms with Crippen LogP contribution in [-0.4, -0.2) is 61.7 Å². The third kappa shape index (κ3) is 3.66. The minimum atomic E-state index is -0.452. The highest BCUT2D eigenvalue weighted by molar-refractivity contribution is 5.87. The van der Waals surface area contributed by atoms with Crippen LogP contribution < -0.4 is 4.90 Å². The van der Waals surface area contributed by atoms with Gasteiger partial charge in [0.2, 0.25) is 0 Å². The fraction of sp³-hybridized carbons (Fsp3) is 0.643. The molecule has 0 amide bonds. The maximum absolute atomic E-state index is 11.5. The Hall–Kier alpha value is -1.69. The standard InChI is InChI=1S/C14H22N4O2/c1-17-6-4-11(5-7-17)10-18(2)13-9-15-8-12(16-13)14(19)20-3/h8-9,11H,4-7,10H2,1-3H3. The number of methoxy groups -OCH3 is 1. The minimum Gasteiger partial charge on any atom is -0.464 e. The molecule has 110 valence electrons. The van der Waals surface area contributed by atoms with Gasteiger partial charge in [-0.25, -0.2) is 9.78 Å². The Morgan fingerprint density at radius 3 is 2.80 bits per heavy atom. The molecule has 1 aliphatic rings. The van der Waals surface area contributed by atoms with Gasteiger partial charge in [-0.1, -0.05) is 0 Å². The topological polar surface area (TPSA) is 58.6 Å². The average molecular weight is 278 g/mol. The van der Waals surface area contributed by atoms with Gasteiger partial charge in [-0.3, -0.25) is 4.98 Å². The van der Waals surface area contributed by atoms with Crippen LogP contribution in [0.2, 0.25) is 0 Å². The molecule has 0 unspecified atom stereocenters. The number of hydrogen-bond donors (Lipinski definition) is 0. The predicted octanol–water partition coefficient (Wildman–Crippen LogP) is 1.04. The molecule has 1 aliphatic heterocycles. The van der Waals surface area contributed by atoms with Crippen LogP contribution in [0.5, 0.6) is 0 Å². The second kappa shape index (κ2) is 6.65. The maximum atomic E-state index is 11.5. The number of piperidine rings is 1. The monoisotopic (exact) mass is 278 g/mol. The van der Waals surface area contributed by atoms with Gasteiger partial charge in [0.15, 0.2) is 5.69 Å². The highest BCUT2D eigenvalue weighted by atomic mass is 16.5. The summed E-state index contributed by atoms with van der Waals surface area (Å²) in [7, 11) is 5.49. The molecule has 0 aliphatic carbocycles. The Kier molecular flexibility index (Phi) is 4.89. The Balaban J connectivity index is 1.98. The molecule has 2 rings (SSSR count). The molecular formula is C14H22N4O2. The highest BCUT2D eigenvalue weighted by Gasteiger charge is 2.19. The van der Waals surface area contributed by atoms with Crippen molar-refractivity contribution in [2.45, 2.75) is 12.8 Å². The van der Waals surface area contributed by atoms with Crippen molar-refractivity contribution in [3.63, 3.8) is 0 Å². The molecule has 0 N–H and O–H groups in total. The zero-order chi connectivity index (χ0) is 14.5. The molecule has 20 heavy (non-hydrogen) atoms. The summed E-state index contributed by atoms with van der Waals surface area (Å²) in [5, 5.41) is 0. The van der Waals surface area contributed by atoms with Crippen LogP contribution in [0.3, 0.4) is 0 Å². The fourth-order valence-electron chi connectivity index (χ4n) is 2.47. The van der Waals surface area contributed by atoms with E-state index in [9.17, 15) is 4.79 Å². The van der Waals surface area contributed by atoms with Crippen molar-refractivity contribution < 1.29 is 9.53 Å². The van der Waals surface area contributed by atoms with E-state index in [-0.39, 0.29) is 5.69 Å². The molecular weight excluding hydrogens is 256 g/mol. The van der Waals surface area contributed by atoms with Crippen molar-refractivity contribution in [3.8, 4) is 0 Å². The fourth-order valence-corrected chi connectivity index (χ4v) is 2.47. The van der Waals surface area contributed by atoms with E-state index in [0.29, 0.717) is 11.7 Å². The van der Waals surface area contributed by atoms with Gasteiger partial charge in [0.25, 0.3) is 0 Å². The average Bonchev–Trinajstić information content (AvgIpc) is 2.49. The summed E-state index contributed by atoms with van der Waals surface area (Å²) in [6, 6.07) is 0. The van der Waals surface area contributed by atoms with Crippen molar-refractivity contribution in [2.75, 3.05) is 45.7 Å². The van der Waals surface area contributed by atoms with Crippen molar-refractivity contribution in [1.29, 1.82) is 0 Å². The number of carbonyl (C=O) groups is 1. The SMILES string of the molecule is COC(=O)c1cncc(N(C)CC2CCN(C)CC2)n1. The molecule has 0 radical (unpaired) electrons. The lowest BCUT2D eigenvalue weighted by Gasteiger charge is -2.31. The Morgan fingerprint density at radius 1 is 1.45 bits per heavy atom. The van der Waals surface area contributed by atoms with Gasteiger partial charge < -0.3 is 14.5 Å². The first-order chi connectivity index (χ1) is 9.60. The summed E-state index contributed by atoms with van der Waals surface area (Å²) in [5.41, 5.74) is 0.250. The number of esters is 1. The van der Waals surface area contributed by atoms with Gasteiger partial charge in [0.05, 0.1) is 19.5 Å². The van der Waals surface area contributed by atoms with Crippen LogP contribution >= 0.6 is 0 Å². The number of ether oxygens (including phenoxy) is 1. The van der Waals surface area contributed by atoms with E-state index in [2.05, 4.69) is 31.6 Å². The van der Waals surface area contributed by atoms with Gasteiger partial charge in [-0.2, -0.15) is 0 Å². The van der Waals surface area contributed by atoms with Crippen molar-refractivity contribution in [2.24, 2.45) is 5.92 Å². The first-order valence-corrected chi connectivity index (χ1v) is 6.90. The molecule has 1 aromatic heterocycles. The number of hydrogen-bond acceptors (Lipinski definition) is 6. The van der Waals surface area contributed by atoms with E-state index < -0.39 is 5.97 Å². The number of anilines is 1. The van der Waals surface area contributed by atoms with Crippen molar-refractivity contribution >= 4 is 11.8 Å². The van der Waals surface area contributed by atoms with Crippen LogP contribution in [0.25, 0.3) is 0 Å². The van der Waals surface area contributed by atoms with Crippen LogP contribution in [0, 0.1) is 5.92 Å². The smallest absolute Gasteiger partial charge is 0.358 e. The lowest BCUT2D eigenvalue weighted by Crippen LogP contribution is -2.36. The summed E-state index contributed by atoms with van der Waals surface area (Å²) < 4.78 is 4.67. The summed E-state index contributed by atoms with van der Waals surface area (Å²) in [6.45, 7) is 3.23. The van der Waals surface area contributed by atoms with E-state index in [4.69, 9.17) is 0 Å². The molecule has 0 aromatic carbocycles. The highest BCUT2D eigenvalue weighted by Crippen LogP contribution is 2.19. The molecule has 1 fully saturated rings. The lowest BCUT2D eigenvalue weighted by molar-refractivity contribution is 0.0593. The number of likely N-dealkylation sites (tertiary alicyclic amines) is 1. The van der Waals surface area contributed by atoms with E-state index in [1.807, 2.05) is 7.05 Å². The van der Waals surface area contributed by atoms with Crippen LogP contribution in [-0.2, 0) is 4.74 Å². The molecule has 6 heteroatoms. The number of carbonyl (C=O) groups excluding carboxylic acids is 1. The molecule has 2 heterocycles. The van der Waals surface area contributed by atoms with Crippen LogP contribution in [0.4, 0.5) is 5.82 Å². The zero-order valence-corrected chi connectivity index (χ0v) is 12.4. The molecule has 1 saturated heterocycles. The number of rotatable bonds is 4. The molecule has 0 atom stereocenters. The summed E-state index contributed by atoms with van der Waals surface area (Å²) in [6.07, 6.45) is 5.51. The van der Waals surface area contributed by atoms with Gasteiger partial charge in [0, 0.05) is 13.6 Å². The number of nitrogens with zero attached hydrogens (tertiary/aromatic N) is 4. The van der Waals surface area contributed by atoms with E-state index >= 15 is 0 Å². The van der Waals surface area contributed by atoms with Gasteiger partial charge >= 0.3 is 5.97 Å². The minimum absolute atomic E-state index is 0.250. The summed E-state index contributed by atoms with van der Waals surface area (Å²) >= 11 is 0. The maximum Gasteiger partial charge on any atom is 0.358 e. The molecule has 0 bridgehead atoms. The summed E-state index contributed by atoms with van der Waals surface area (Å²) in [5.74, 6) is 0.929. The largest absolute Gasteiger partial charge is 0.464 e. The first-order valence-electron chi connectivity index (χ1n) is 6.90. The van der Waals surface area contributed by atoms with E-state index in [1.54, 1.807) is 6.20 Å². The Bertz CT molecular complexity index is 458. The van der Waals surface area contributed by atoms with Crippen LogP contribution in [0.15, 0.2) is 12.4 Å². The normalized spacial score (nSPS) is 16.9. The lowest BCUT2D eigenvalue weighted by atomic mass is 9.97. The van der Waals surface area contributed by atoms with Gasteiger partial charge in [-0.05, 0) is 38.9 Å². The molecule has 0 spiro atoms. The molecule has 0 saturated carbocycles. The quantitative estimate of drug-likeness (QED) is 0.767.